The Hall–Kier alpha value is -0.380. The van der Waals surface area contributed by atoms with Crippen molar-refractivity contribution >= 4 is 11.3 Å². The van der Waals surface area contributed by atoms with Gasteiger partial charge in [0.2, 0.25) is 0 Å². The van der Waals surface area contributed by atoms with E-state index in [0.29, 0.717) is 18.0 Å². The van der Waals surface area contributed by atoms with Crippen LogP contribution in [0.3, 0.4) is 0 Å². The summed E-state index contributed by atoms with van der Waals surface area (Å²) in [5.41, 5.74) is 0. The molecule has 0 aromatic carbocycles. The first-order valence-corrected chi connectivity index (χ1v) is 8.52. The van der Waals surface area contributed by atoms with Gasteiger partial charge in [0.1, 0.15) is 0 Å². The molecule has 1 aliphatic rings. The minimum absolute atomic E-state index is 0.602. The van der Waals surface area contributed by atoms with E-state index in [4.69, 9.17) is 0 Å². The van der Waals surface area contributed by atoms with Crippen LogP contribution in [0.15, 0.2) is 17.5 Å². The summed E-state index contributed by atoms with van der Waals surface area (Å²) in [6.45, 7) is 12.8. The molecule has 1 N–H and O–H groups in total. The Bertz CT molecular complexity index is 361. The fraction of sp³-hybridized carbons (Fsp3) is 0.750. The monoisotopic (exact) mass is 280 g/mol. The quantitative estimate of drug-likeness (QED) is 0.883. The van der Waals surface area contributed by atoms with E-state index in [1.807, 2.05) is 11.3 Å². The Kier molecular flexibility index (Phi) is 5.43. The molecule has 3 unspecified atom stereocenters. The molecule has 1 aromatic heterocycles. The topological polar surface area (TPSA) is 15.3 Å². The van der Waals surface area contributed by atoms with Crippen LogP contribution >= 0.6 is 11.3 Å². The van der Waals surface area contributed by atoms with Crippen LogP contribution in [0.2, 0.25) is 0 Å². The zero-order valence-corrected chi connectivity index (χ0v) is 13.5. The van der Waals surface area contributed by atoms with Crippen LogP contribution in [0.25, 0.3) is 0 Å². The van der Waals surface area contributed by atoms with E-state index in [-0.39, 0.29) is 0 Å². The normalized spacial score (nSPS) is 26.8. The summed E-state index contributed by atoms with van der Waals surface area (Å²) in [6.07, 6.45) is 1.28. The van der Waals surface area contributed by atoms with Gasteiger partial charge in [-0.2, -0.15) is 0 Å². The standard InChI is InChI=1S/C16H28N2S/c1-5-17-14-8-9-18(11-13(14)4)16(12(2)3)15-7-6-10-19-15/h6-7,10,12-14,16-17H,5,8-9,11H2,1-4H3. The van der Waals surface area contributed by atoms with Gasteiger partial charge in [-0.3, -0.25) is 4.90 Å². The van der Waals surface area contributed by atoms with E-state index in [9.17, 15) is 0 Å². The van der Waals surface area contributed by atoms with Gasteiger partial charge in [0.15, 0.2) is 0 Å². The highest BCUT2D eigenvalue weighted by atomic mass is 32.1. The molecule has 1 fully saturated rings. The van der Waals surface area contributed by atoms with Crippen molar-refractivity contribution < 1.29 is 0 Å². The van der Waals surface area contributed by atoms with Crippen LogP contribution in [0, 0.1) is 11.8 Å². The van der Waals surface area contributed by atoms with Crippen LogP contribution in [-0.2, 0) is 0 Å². The van der Waals surface area contributed by atoms with Crippen molar-refractivity contribution in [3.8, 4) is 0 Å². The van der Waals surface area contributed by atoms with Gasteiger partial charge in [0, 0.05) is 30.1 Å². The molecular formula is C16H28N2S. The second-order valence-electron chi connectivity index (χ2n) is 6.13. The molecule has 0 amide bonds. The van der Waals surface area contributed by atoms with Gasteiger partial charge in [0.05, 0.1) is 0 Å². The van der Waals surface area contributed by atoms with Gasteiger partial charge in [-0.15, -0.1) is 11.3 Å². The lowest BCUT2D eigenvalue weighted by Crippen LogP contribution is -2.49. The van der Waals surface area contributed by atoms with E-state index in [0.717, 1.165) is 12.5 Å². The molecule has 3 heteroatoms. The van der Waals surface area contributed by atoms with E-state index < -0.39 is 0 Å². The van der Waals surface area contributed by atoms with Gasteiger partial charge in [0.25, 0.3) is 0 Å². The van der Waals surface area contributed by atoms with Crippen LogP contribution in [0.5, 0.6) is 0 Å². The molecule has 19 heavy (non-hydrogen) atoms. The zero-order chi connectivity index (χ0) is 13.8. The molecule has 0 saturated carbocycles. The third kappa shape index (κ3) is 3.59. The van der Waals surface area contributed by atoms with Gasteiger partial charge < -0.3 is 5.32 Å². The van der Waals surface area contributed by atoms with Gasteiger partial charge in [-0.25, -0.2) is 0 Å². The fourth-order valence-corrected chi connectivity index (χ4v) is 4.42. The molecule has 1 aliphatic heterocycles. The number of nitrogens with one attached hydrogen (secondary N) is 1. The van der Waals surface area contributed by atoms with E-state index in [1.54, 1.807) is 0 Å². The molecular weight excluding hydrogens is 252 g/mol. The molecule has 0 spiro atoms. The van der Waals surface area contributed by atoms with Crippen molar-refractivity contribution in [1.82, 2.24) is 10.2 Å². The van der Waals surface area contributed by atoms with Crippen LogP contribution in [0.4, 0.5) is 0 Å². The van der Waals surface area contributed by atoms with Crippen LogP contribution in [-0.4, -0.2) is 30.6 Å². The molecule has 2 nitrogen and oxygen atoms in total. The van der Waals surface area contributed by atoms with Gasteiger partial charge >= 0.3 is 0 Å². The SMILES string of the molecule is CCNC1CCN(C(c2cccs2)C(C)C)CC1C. The number of hydrogen-bond donors (Lipinski definition) is 1. The van der Waals surface area contributed by atoms with Crippen molar-refractivity contribution in [2.75, 3.05) is 19.6 Å². The van der Waals surface area contributed by atoms with Crippen LogP contribution in [0.1, 0.15) is 45.0 Å². The Labute approximate surface area is 122 Å². The molecule has 1 saturated heterocycles. The molecule has 3 atom stereocenters. The van der Waals surface area contributed by atoms with Gasteiger partial charge in [-0.1, -0.05) is 33.8 Å². The maximum Gasteiger partial charge on any atom is 0.0464 e. The predicted molar refractivity (Wildman–Crippen MR) is 84.7 cm³/mol. The highest BCUT2D eigenvalue weighted by Gasteiger charge is 2.31. The first-order chi connectivity index (χ1) is 9.13. The highest BCUT2D eigenvalue weighted by molar-refractivity contribution is 7.10. The Morgan fingerprint density at radius 2 is 2.26 bits per heavy atom. The molecule has 2 rings (SSSR count). The van der Waals surface area contributed by atoms with E-state index in [2.05, 4.69) is 55.4 Å². The van der Waals surface area contributed by atoms with Crippen molar-refractivity contribution in [2.45, 2.75) is 46.2 Å². The van der Waals surface area contributed by atoms with E-state index in [1.165, 1.54) is 24.4 Å². The van der Waals surface area contributed by atoms with Crippen LogP contribution < -0.4 is 5.32 Å². The molecule has 0 radical (unpaired) electrons. The number of hydrogen-bond acceptors (Lipinski definition) is 3. The number of rotatable bonds is 5. The summed E-state index contributed by atoms with van der Waals surface area (Å²) in [6, 6.07) is 5.79. The summed E-state index contributed by atoms with van der Waals surface area (Å²) in [7, 11) is 0. The van der Waals surface area contributed by atoms with Crippen molar-refractivity contribution in [3.05, 3.63) is 22.4 Å². The average molecular weight is 280 g/mol. The Morgan fingerprint density at radius 1 is 1.47 bits per heavy atom. The molecule has 1 aromatic rings. The summed E-state index contributed by atoms with van der Waals surface area (Å²) in [5.74, 6) is 1.43. The molecule has 0 bridgehead atoms. The minimum atomic E-state index is 0.602. The Morgan fingerprint density at radius 3 is 2.79 bits per heavy atom. The van der Waals surface area contributed by atoms with Crippen molar-refractivity contribution in [3.63, 3.8) is 0 Å². The maximum absolute atomic E-state index is 3.63. The number of piperidine rings is 1. The molecule has 2 heterocycles. The second-order valence-corrected chi connectivity index (χ2v) is 7.11. The third-order valence-electron chi connectivity index (χ3n) is 4.26. The van der Waals surface area contributed by atoms with Crippen molar-refractivity contribution in [1.29, 1.82) is 0 Å². The first kappa shape index (κ1) is 15.0. The number of nitrogens with zero attached hydrogens (tertiary/aromatic N) is 1. The lowest BCUT2D eigenvalue weighted by atomic mass is 9.90. The molecule has 0 aliphatic carbocycles. The largest absolute Gasteiger partial charge is 0.314 e. The smallest absolute Gasteiger partial charge is 0.0464 e. The summed E-state index contributed by atoms with van der Waals surface area (Å²) >= 11 is 1.91. The summed E-state index contributed by atoms with van der Waals surface area (Å²) < 4.78 is 0. The lowest BCUT2D eigenvalue weighted by Gasteiger charge is -2.42. The first-order valence-electron chi connectivity index (χ1n) is 7.64. The lowest BCUT2D eigenvalue weighted by molar-refractivity contribution is 0.0827. The maximum atomic E-state index is 3.63. The molecule has 108 valence electrons. The third-order valence-corrected chi connectivity index (χ3v) is 5.21. The van der Waals surface area contributed by atoms with Gasteiger partial charge in [-0.05, 0) is 36.2 Å². The zero-order valence-electron chi connectivity index (χ0n) is 12.7. The van der Waals surface area contributed by atoms with Crippen molar-refractivity contribution in [2.24, 2.45) is 11.8 Å². The Balaban J connectivity index is 2.05. The highest BCUT2D eigenvalue weighted by Crippen LogP contribution is 2.34. The van der Waals surface area contributed by atoms with E-state index >= 15 is 0 Å². The number of likely N-dealkylation sites (tertiary alicyclic amines) is 1. The fourth-order valence-electron chi connectivity index (χ4n) is 3.39. The second kappa shape index (κ2) is 6.87. The number of thiophene rings is 1. The summed E-state index contributed by atoms with van der Waals surface area (Å²) in [4.78, 5) is 4.23. The average Bonchev–Trinajstić information content (AvgIpc) is 2.86. The predicted octanol–water partition coefficient (Wildman–Crippen LogP) is 3.77. The minimum Gasteiger partial charge on any atom is -0.314 e. The summed E-state index contributed by atoms with van der Waals surface area (Å²) in [5, 5.41) is 5.84.